The fourth-order valence-electron chi connectivity index (χ4n) is 2.43. The molecule has 1 fully saturated rings. The maximum atomic E-state index is 12.9. The van der Waals surface area contributed by atoms with E-state index in [0.717, 1.165) is 36.8 Å². The molecule has 1 aliphatic rings. The molecule has 1 amide bonds. The number of nitrogens with zero attached hydrogens (tertiary/aromatic N) is 3. The van der Waals surface area contributed by atoms with Crippen molar-refractivity contribution in [1.29, 1.82) is 0 Å². The van der Waals surface area contributed by atoms with Gasteiger partial charge in [-0.1, -0.05) is 12.1 Å². The van der Waals surface area contributed by atoms with Gasteiger partial charge in [0.15, 0.2) is 0 Å². The number of likely N-dealkylation sites (N-methyl/N-ethyl adjacent to an activating group) is 1. The first-order valence-corrected chi connectivity index (χ1v) is 8.10. The third-order valence-electron chi connectivity index (χ3n) is 3.82. The van der Waals surface area contributed by atoms with Crippen LogP contribution in [0.5, 0.6) is 0 Å². The fourth-order valence-corrected chi connectivity index (χ4v) is 3.35. The highest BCUT2D eigenvalue weighted by molar-refractivity contribution is 7.13. The van der Waals surface area contributed by atoms with Gasteiger partial charge in [0.05, 0.1) is 11.2 Å². The van der Waals surface area contributed by atoms with E-state index in [2.05, 4.69) is 16.9 Å². The second-order valence-electron chi connectivity index (χ2n) is 5.52. The van der Waals surface area contributed by atoms with Crippen LogP contribution in [0.2, 0.25) is 0 Å². The Balaban J connectivity index is 1.65. The van der Waals surface area contributed by atoms with Crippen molar-refractivity contribution < 1.29 is 9.18 Å². The maximum absolute atomic E-state index is 12.9. The molecule has 1 saturated heterocycles. The van der Waals surface area contributed by atoms with Crippen LogP contribution >= 0.6 is 11.3 Å². The molecule has 1 aromatic heterocycles. The first-order valence-electron chi connectivity index (χ1n) is 7.29. The third kappa shape index (κ3) is 3.51. The predicted molar refractivity (Wildman–Crippen MR) is 84.7 cm³/mol. The minimum atomic E-state index is -0.242. The van der Waals surface area contributed by atoms with Crippen molar-refractivity contribution in [2.75, 3.05) is 33.2 Å². The molecule has 1 aliphatic heterocycles. The summed E-state index contributed by atoms with van der Waals surface area (Å²) < 4.78 is 12.9. The zero-order valence-electron chi connectivity index (χ0n) is 12.5. The van der Waals surface area contributed by atoms with Gasteiger partial charge in [-0.25, -0.2) is 9.37 Å². The molecule has 0 atom stereocenters. The minimum Gasteiger partial charge on any atom is -0.335 e. The Bertz CT molecular complexity index is 648. The highest BCUT2D eigenvalue weighted by atomic mass is 32.1. The Hall–Kier alpha value is -1.79. The topological polar surface area (TPSA) is 36.4 Å². The smallest absolute Gasteiger partial charge is 0.265 e. The van der Waals surface area contributed by atoms with Crippen molar-refractivity contribution in [2.24, 2.45) is 0 Å². The molecule has 22 heavy (non-hydrogen) atoms. The van der Waals surface area contributed by atoms with Crippen molar-refractivity contribution in [3.8, 4) is 0 Å². The first-order chi connectivity index (χ1) is 10.6. The van der Waals surface area contributed by atoms with Crippen molar-refractivity contribution in [2.45, 2.75) is 6.42 Å². The zero-order valence-corrected chi connectivity index (χ0v) is 13.3. The molecule has 0 N–H and O–H groups in total. The van der Waals surface area contributed by atoms with E-state index in [0.29, 0.717) is 11.3 Å². The summed E-state index contributed by atoms with van der Waals surface area (Å²) in [5, 5.41) is 0.879. The summed E-state index contributed by atoms with van der Waals surface area (Å²) in [6, 6.07) is 6.38. The molecule has 2 aromatic rings. The highest BCUT2D eigenvalue weighted by Crippen LogP contribution is 2.19. The molecule has 1 aromatic carbocycles. The molecule has 0 aliphatic carbocycles. The van der Waals surface area contributed by atoms with E-state index < -0.39 is 0 Å². The standard InChI is InChI=1S/C16H18FN3OS/c1-19-6-8-20(9-7-19)16(21)14-11-18-15(22-14)10-12-2-4-13(17)5-3-12/h2-5,11H,6-10H2,1H3. The Morgan fingerprint density at radius 3 is 2.59 bits per heavy atom. The van der Waals surface area contributed by atoms with Gasteiger partial charge < -0.3 is 9.80 Å². The van der Waals surface area contributed by atoms with Crippen LogP contribution in [0.15, 0.2) is 30.5 Å². The van der Waals surface area contributed by atoms with Gasteiger partial charge in [0, 0.05) is 32.6 Å². The predicted octanol–water partition coefficient (Wildman–Crippen LogP) is 2.26. The lowest BCUT2D eigenvalue weighted by molar-refractivity contribution is 0.0668. The highest BCUT2D eigenvalue weighted by Gasteiger charge is 2.22. The molecule has 0 radical (unpaired) electrons. The Labute approximate surface area is 133 Å². The molecule has 0 saturated carbocycles. The summed E-state index contributed by atoms with van der Waals surface area (Å²) in [4.78, 5) is 21.6. The summed E-state index contributed by atoms with van der Waals surface area (Å²) in [6.45, 7) is 3.35. The summed E-state index contributed by atoms with van der Waals surface area (Å²) in [5.74, 6) is -0.176. The van der Waals surface area contributed by atoms with Crippen LogP contribution in [0.4, 0.5) is 4.39 Å². The quantitative estimate of drug-likeness (QED) is 0.871. The number of carbonyl (C=O) groups is 1. The lowest BCUT2D eigenvalue weighted by Gasteiger charge is -2.32. The van der Waals surface area contributed by atoms with Crippen LogP contribution in [0, 0.1) is 5.82 Å². The molecular formula is C16H18FN3OS. The van der Waals surface area contributed by atoms with E-state index in [1.807, 2.05) is 4.90 Å². The van der Waals surface area contributed by atoms with Crippen LogP contribution in [-0.2, 0) is 6.42 Å². The maximum Gasteiger partial charge on any atom is 0.265 e. The summed E-state index contributed by atoms with van der Waals surface area (Å²) in [6.07, 6.45) is 2.28. The summed E-state index contributed by atoms with van der Waals surface area (Å²) in [5.41, 5.74) is 0.995. The molecule has 6 heteroatoms. The number of carbonyl (C=O) groups excluding carboxylic acids is 1. The minimum absolute atomic E-state index is 0.0657. The molecular weight excluding hydrogens is 301 g/mol. The Kier molecular flexibility index (Phi) is 4.49. The zero-order chi connectivity index (χ0) is 15.5. The van der Waals surface area contributed by atoms with Gasteiger partial charge in [0.1, 0.15) is 10.7 Å². The van der Waals surface area contributed by atoms with Crippen LogP contribution in [0.3, 0.4) is 0 Å². The van der Waals surface area contributed by atoms with E-state index in [1.165, 1.54) is 23.5 Å². The van der Waals surface area contributed by atoms with Crippen molar-refractivity contribution >= 4 is 17.2 Å². The van der Waals surface area contributed by atoms with Crippen molar-refractivity contribution in [3.05, 3.63) is 51.7 Å². The van der Waals surface area contributed by atoms with Crippen LogP contribution in [0.25, 0.3) is 0 Å². The van der Waals surface area contributed by atoms with Crippen molar-refractivity contribution in [1.82, 2.24) is 14.8 Å². The van der Waals surface area contributed by atoms with Crippen LogP contribution < -0.4 is 0 Å². The molecule has 0 bridgehead atoms. The number of rotatable bonds is 3. The normalized spacial score (nSPS) is 16.0. The second-order valence-corrected chi connectivity index (χ2v) is 6.63. The number of amides is 1. The number of hydrogen-bond donors (Lipinski definition) is 0. The largest absolute Gasteiger partial charge is 0.335 e. The average Bonchev–Trinajstić information content (AvgIpc) is 2.98. The molecule has 3 rings (SSSR count). The molecule has 0 unspecified atom stereocenters. The molecule has 2 heterocycles. The molecule has 0 spiro atoms. The van der Waals surface area contributed by atoms with E-state index in [1.54, 1.807) is 18.3 Å². The summed E-state index contributed by atoms with van der Waals surface area (Å²) >= 11 is 1.42. The van der Waals surface area contributed by atoms with Crippen molar-refractivity contribution in [3.63, 3.8) is 0 Å². The number of thiazole rings is 1. The number of halogens is 1. The average molecular weight is 319 g/mol. The van der Waals surface area contributed by atoms with Crippen LogP contribution in [-0.4, -0.2) is 53.9 Å². The number of piperazine rings is 1. The second kappa shape index (κ2) is 6.54. The lowest BCUT2D eigenvalue weighted by Crippen LogP contribution is -2.46. The van der Waals surface area contributed by atoms with Crippen LogP contribution in [0.1, 0.15) is 20.2 Å². The van der Waals surface area contributed by atoms with Gasteiger partial charge in [-0.15, -0.1) is 11.3 Å². The number of aromatic nitrogens is 1. The van der Waals surface area contributed by atoms with Gasteiger partial charge in [-0.05, 0) is 24.7 Å². The monoisotopic (exact) mass is 319 g/mol. The van der Waals surface area contributed by atoms with E-state index in [-0.39, 0.29) is 11.7 Å². The summed E-state index contributed by atoms with van der Waals surface area (Å²) in [7, 11) is 2.06. The lowest BCUT2D eigenvalue weighted by atomic mass is 10.2. The fraction of sp³-hybridized carbons (Fsp3) is 0.375. The number of benzene rings is 1. The van der Waals surface area contributed by atoms with Gasteiger partial charge in [0.2, 0.25) is 0 Å². The Morgan fingerprint density at radius 1 is 1.23 bits per heavy atom. The van der Waals surface area contributed by atoms with Gasteiger partial charge in [-0.3, -0.25) is 4.79 Å². The van der Waals surface area contributed by atoms with Gasteiger partial charge >= 0.3 is 0 Å². The molecule has 4 nitrogen and oxygen atoms in total. The van der Waals surface area contributed by atoms with Gasteiger partial charge in [0.25, 0.3) is 5.91 Å². The SMILES string of the molecule is CN1CCN(C(=O)c2cnc(Cc3ccc(F)cc3)s2)CC1. The van der Waals surface area contributed by atoms with E-state index >= 15 is 0 Å². The third-order valence-corrected chi connectivity index (χ3v) is 4.81. The molecule has 116 valence electrons. The Morgan fingerprint density at radius 2 is 1.91 bits per heavy atom. The van der Waals surface area contributed by atoms with E-state index in [9.17, 15) is 9.18 Å². The first kappa shape index (κ1) is 15.1. The van der Waals surface area contributed by atoms with E-state index in [4.69, 9.17) is 0 Å². The number of hydrogen-bond acceptors (Lipinski definition) is 4. The van der Waals surface area contributed by atoms with Gasteiger partial charge in [-0.2, -0.15) is 0 Å².